The fourth-order valence-corrected chi connectivity index (χ4v) is 2.28. The molecule has 17 heavy (non-hydrogen) atoms. The number of hydrogen-bond acceptors (Lipinski definition) is 3. The van der Waals surface area contributed by atoms with E-state index >= 15 is 0 Å². The van der Waals surface area contributed by atoms with Gasteiger partial charge in [0.2, 0.25) is 5.91 Å². The van der Waals surface area contributed by atoms with E-state index in [1.54, 1.807) is 0 Å². The van der Waals surface area contributed by atoms with Crippen LogP contribution in [0.1, 0.15) is 52.4 Å². The van der Waals surface area contributed by atoms with Crippen LogP contribution >= 0.6 is 0 Å². The summed E-state index contributed by atoms with van der Waals surface area (Å²) < 4.78 is 0. The van der Waals surface area contributed by atoms with Gasteiger partial charge in [0, 0.05) is 6.04 Å². The van der Waals surface area contributed by atoms with Crippen molar-refractivity contribution in [2.24, 2.45) is 16.3 Å². The summed E-state index contributed by atoms with van der Waals surface area (Å²) in [5.74, 6) is -0.0352. The predicted octanol–water partition coefficient (Wildman–Crippen LogP) is 1.60. The van der Waals surface area contributed by atoms with Crippen molar-refractivity contribution >= 4 is 11.7 Å². The van der Waals surface area contributed by atoms with Gasteiger partial charge in [0.15, 0.2) is 5.84 Å². The van der Waals surface area contributed by atoms with E-state index in [-0.39, 0.29) is 17.8 Å². The highest BCUT2D eigenvalue weighted by atomic mass is 16.4. The maximum absolute atomic E-state index is 12.2. The normalized spacial score (nSPS) is 20.5. The minimum absolute atomic E-state index is 0.0487. The standard InChI is InChI=1S/C12H23N3O2/c1-3-6-9(4-2)14-11(16)12(7-5-8-12)10(13)15-17/h9,17H,3-8H2,1-2H3,(H2,13,15)(H,14,16). The zero-order chi connectivity index (χ0) is 12.9. The van der Waals surface area contributed by atoms with E-state index in [4.69, 9.17) is 10.9 Å². The van der Waals surface area contributed by atoms with Crippen LogP contribution in [-0.4, -0.2) is 23.0 Å². The van der Waals surface area contributed by atoms with Gasteiger partial charge in [0.05, 0.1) is 0 Å². The van der Waals surface area contributed by atoms with E-state index in [1.807, 2.05) is 0 Å². The topological polar surface area (TPSA) is 87.7 Å². The second-order valence-electron chi connectivity index (χ2n) is 4.79. The average Bonchev–Trinajstić information content (AvgIpc) is 2.26. The summed E-state index contributed by atoms with van der Waals surface area (Å²) in [4.78, 5) is 12.2. The number of nitrogens with one attached hydrogen (secondary N) is 1. The Balaban J connectivity index is 2.67. The minimum atomic E-state index is -0.754. The number of oxime groups is 1. The summed E-state index contributed by atoms with van der Waals surface area (Å²) >= 11 is 0. The SMILES string of the molecule is CCCC(CC)NC(=O)C1(C(N)=NO)CCC1. The molecule has 1 fully saturated rings. The zero-order valence-corrected chi connectivity index (χ0v) is 10.7. The van der Waals surface area contributed by atoms with Crippen molar-refractivity contribution in [2.45, 2.75) is 58.4 Å². The van der Waals surface area contributed by atoms with Crippen LogP contribution in [0.25, 0.3) is 0 Å². The molecule has 0 heterocycles. The largest absolute Gasteiger partial charge is 0.409 e. The number of nitrogens with two attached hydrogens (primary N) is 1. The molecule has 0 bridgehead atoms. The van der Waals surface area contributed by atoms with E-state index in [1.165, 1.54) is 0 Å². The third-order valence-corrected chi connectivity index (χ3v) is 3.70. The molecule has 1 atom stereocenters. The Kier molecular flexibility index (Phi) is 4.78. The molecule has 1 saturated carbocycles. The molecule has 0 aromatic rings. The van der Waals surface area contributed by atoms with E-state index < -0.39 is 5.41 Å². The Morgan fingerprint density at radius 3 is 2.53 bits per heavy atom. The fourth-order valence-electron chi connectivity index (χ4n) is 2.28. The van der Waals surface area contributed by atoms with Crippen LogP contribution < -0.4 is 11.1 Å². The van der Waals surface area contributed by atoms with E-state index in [0.717, 1.165) is 25.7 Å². The van der Waals surface area contributed by atoms with Crippen LogP contribution in [0.15, 0.2) is 5.16 Å². The van der Waals surface area contributed by atoms with Crippen molar-refractivity contribution in [3.05, 3.63) is 0 Å². The molecule has 0 aromatic heterocycles. The van der Waals surface area contributed by atoms with Crippen molar-refractivity contribution in [3.8, 4) is 0 Å². The Morgan fingerprint density at radius 2 is 2.18 bits per heavy atom. The molecule has 0 aliphatic heterocycles. The van der Waals surface area contributed by atoms with Crippen LogP contribution in [0.5, 0.6) is 0 Å². The summed E-state index contributed by atoms with van der Waals surface area (Å²) in [5, 5.41) is 14.8. The predicted molar refractivity (Wildman–Crippen MR) is 66.8 cm³/mol. The molecule has 5 heteroatoms. The van der Waals surface area contributed by atoms with Crippen LogP contribution in [0.3, 0.4) is 0 Å². The third-order valence-electron chi connectivity index (χ3n) is 3.70. The Morgan fingerprint density at radius 1 is 1.53 bits per heavy atom. The molecule has 1 unspecified atom stereocenters. The molecular weight excluding hydrogens is 218 g/mol. The number of nitrogens with zero attached hydrogens (tertiary/aromatic N) is 1. The van der Waals surface area contributed by atoms with Crippen LogP contribution in [-0.2, 0) is 4.79 Å². The molecule has 0 radical (unpaired) electrons. The number of rotatable bonds is 6. The lowest BCUT2D eigenvalue weighted by molar-refractivity contribution is -0.131. The molecule has 4 N–H and O–H groups in total. The summed E-state index contributed by atoms with van der Waals surface area (Å²) in [6.45, 7) is 4.15. The van der Waals surface area contributed by atoms with Gasteiger partial charge in [-0.2, -0.15) is 0 Å². The number of carbonyl (C=O) groups excluding carboxylic acids is 1. The lowest BCUT2D eigenvalue weighted by atomic mass is 9.67. The molecule has 1 rings (SSSR count). The molecule has 5 nitrogen and oxygen atoms in total. The monoisotopic (exact) mass is 241 g/mol. The molecule has 0 spiro atoms. The fraction of sp³-hybridized carbons (Fsp3) is 0.833. The van der Waals surface area contributed by atoms with Gasteiger partial charge in [-0.25, -0.2) is 0 Å². The zero-order valence-electron chi connectivity index (χ0n) is 10.7. The van der Waals surface area contributed by atoms with Crippen molar-refractivity contribution < 1.29 is 10.0 Å². The second kappa shape index (κ2) is 5.89. The smallest absolute Gasteiger partial charge is 0.234 e. The molecule has 1 amide bonds. The van der Waals surface area contributed by atoms with Crippen LogP contribution in [0.4, 0.5) is 0 Å². The summed E-state index contributed by atoms with van der Waals surface area (Å²) in [6.07, 6.45) is 5.22. The van der Waals surface area contributed by atoms with Crippen molar-refractivity contribution in [1.82, 2.24) is 5.32 Å². The van der Waals surface area contributed by atoms with Gasteiger partial charge in [0.1, 0.15) is 5.41 Å². The number of carbonyl (C=O) groups is 1. The first-order valence-corrected chi connectivity index (χ1v) is 6.39. The number of amides is 1. The van der Waals surface area contributed by atoms with Gasteiger partial charge < -0.3 is 16.3 Å². The molecule has 98 valence electrons. The van der Waals surface area contributed by atoms with Crippen molar-refractivity contribution in [1.29, 1.82) is 0 Å². The summed E-state index contributed by atoms with van der Waals surface area (Å²) in [7, 11) is 0. The second-order valence-corrected chi connectivity index (χ2v) is 4.79. The maximum atomic E-state index is 12.2. The quantitative estimate of drug-likeness (QED) is 0.285. The average molecular weight is 241 g/mol. The molecule has 0 aromatic carbocycles. The molecule has 0 saturated heterocycles. The van der Waals surface area contributed by atoms with Crippen LogP contribution in [0, 0.1) is 5.41 Å². The van der Waals surface area contributed by atoms with Gasteiger partial charge in [-0.1, -0.05) is 31.8 Å². The Bertz CT molecular complexity index is 298. The Labute approximate surface area is 102 Å². The lowest BCUT2D eigenvalue weighted by Gasteiger charge is -2.39. The van der Waals surface area contributed by atoms with Gasteiger partial charge in [0.25, 0.3) is 0 Å². The highest BCUT2D eigenvalue weighted by Gasteiger charge is 2.48. The van der Waals surface area contributed by atoms with E-state index in [0.29, 0.717) is 12.8 Å². The highest BCUT2D eigenvalue weighted by Crippen LogP contribution is 2.41. The van der Waals surface area contributed by atoms with Crippen LogP contribution in [0.2, 0.25) is 0 Å². The summed E-state index contributed by atoms with van der Waals surface area (Å²) in [5.41, 5.74) is 4.89. The first kappa shape index (κ1) is 13.8. The molecule has 1 aliphatic rings. The third kappa shape index (κ3) is 2.70. The van der Waals surface area contributed by atoms with E-state index in [2.05, 4.69) is 24.3 Å². The first-order chi connectivity index (χ1) is 8.10. The van der Waals surface area contributed by atoms with Gasteiger partial charge in [-0.15, -0.1) is 0 Å². The van der Waals surface area contributed by atoms with Gasteiger partial charge >= 0.3 is 0 Å². The van der Waals surface area contributed by atoms with Crippen molar-refractivity contribution in [3.63, 3.8) is 0 Å². The van der Waals surface area contributed by atoms with Gasteiger partial charge in [-0.3, -0.25) is 4.79 Å². The number of hydrogen-bond donors (Lipinski definition) is 3. The van der Waals surface area contributed by atoms with Crippen molar-refractivity contribution in [2.75, 3.05) is 0 Å². The summed E-state index contributed by atoms with van der Waals surface area (Å²) in [6, 6.07) is 0.191. The molecule has 1 aliphatic carbocycles. The first-order valence-electron chi connectivity index (χ1n) is 6.39. The molecular formula is C12H23N3O2. The maximum Gasteiger partial charge on any atom is 0.234 e. The van der Waals surface area contributed by atoms with E-state index in [9.17, 15) is 4.79 Å². The lowest BCUT2D eigenvalue weighted by Crippen LogP contribution is -2.55. The highest BCUT2D eigenvalue weighted by molar-refractivity contribution is 6.07. The van der Waals surface area contributed by atoms with Gasteiger partial charge in [-0.05, 0) is 25.7 Å². The minimum Gasteiger partial charge on any atom is -0.409 e. The Hall–Kier alpha value is -1.26. The number of amidine groups is 1.